The highest BCUT2D eigenvalue weighted by molar-refractivity contribution is 5.81. The molecule has 2 aliphatic rings. The van der Waals surface area contributed by atoms with E-state index in [9.17, 15) is 9.59 Å². The van der Waals surface area contributed by atoms with Crippen molar-refractivity contribution in [3.63, 3.8) is 0 Å². The van der Waals surface area contributed by atoms with E-state index >= 15 is 0 Å². The third-order valence-electron chi connectivity index (χ3n) is 3.64. The van der Waals surface area contributed by atoms with Crippen molar-refractivity contribution in [2.24, 2.45) is 5.92 Å². The van der Waals surface area contributed by atoms with Crippen molar-refractivity contribution in [2.45, 2.75) is 45.1 Å². The molecule has 0 aromatic heterocycles. The van der Waals surface area contributed by atoms with Crippen LogP contribution in [0.2, 0.25) is 0 Å². The van der Waals surface area contributed by atoms with Crippen LogP contribution >= 0.6 is 0 Å². The van der Waals surface area contributed by atoms with E-state index in [-0.39, 0.29) is 24.7 Å². The molecular formula is C14H23NO4. The van der Waals surface area contributed by atoms with Crippen LogP contribution in [0.5, 0.6) is 0 Å². The second-order valence-electron chi connectivity index (χ2n) is 5.31. The van der Waals surface area contributed by atoms with Crippen molar-refractivity contribution in [1.29, 1.82) is 0 Å². The molecule has 5 heteroatoms. The molecule has 2 rings (SSSR count). The molecule has 1 amide bonds. The fourth-order valence-corrected chi connectivity index (χ4v) is 2.43. The molecule has 108 valence electrons. The lowest BCUT2D eigenvalue weighted by atomic mass is 10.1. The van der Waals surface area contributed by atoms with E-state index in [0.717, 1.165) is 39.0 Å². The third kappa shape index (κ3) is 4.49. The predicted molar refractivity (Wildman–Crippen MR) is 69.5 cm³/mol. The summed E-state index contributed by atoms with van der Waals surface area (Å²) in [5.74, 6) is 0.269. The number of carbonyl (C=O) groups is 2. The highest BCUT2D eigenvalue weighted by Gasteiger charge is 2.34. The Morgan fingerprint density at radius 2 is 2.05 bits per heavy atom. The van der Waals surface area contributed by atoms with Crippen molar-refractivity contribution in [2.75, 3.05) is 26.4 Å². The van der Waals surface area contributed by atoms with Gasteiger partial charge in [-0.25, -0.2) is 0 Å². The zero-order valence-electron chi connectivity index (χ0n) is 11.6. The van der Waals surface area contributed by atoms with Crippen molar-refractivity contribution in [3.05, 3.63) is 0 Å². The number of ether oxygens (including phenoxy) is 2. The van der Waals surface area contributed by atoms with Gasteiger partial charge in [0.05, 0.1) is 19.6 Å². The number of amides is 1. The van der Waals surface area contributed by atoms with Gasteiger partial charge in [-0.2, -0.15) is 0 Å². The monoisotopic (exact) mass is 269 g/mol. The molecule has 1 aliphatic carbocycles. The summed E-state index contributed by atoms with van der Waals surface area (Å²) in [7, 11) is 0. The van der Waals surface area contributed by atoms with E-state index in [1.54, 1.807) is 6.92 Å². The molecule has 1 aliphatic heterocycles. The van der Waals surface area contributed by atoms with Crippen LogP contribution in [-0.4, -0.2) is 49.2 Å². The summed E-state index contributed by atoms with van der Waals surface area (Å²) >= 11 is 0. The van der Waals surface area contributed by atoms with Crippen LogP contribution in [0.15, 0.2) is 0 Å². The molecule has 1 atom stereocenters. The number of esters is 1. The van der Waals surface area contributed by atoms with Crippen molar-refractivity contribution >= 4 is 11.9 Å². The molecular weight excluding hydrogens is 246 g/mol. The molecule has 2 fully saturated rings. The van der Waals surface area contributed by atoms with Gasteiger partial charge in [0.2, 0.25) is 5.91 Å². The number of hydrogen-bond acceptors (Lipinski definition) is 4. The third-order valence-corrected chi connectivity index (χ3v) is 3.64. The summed E-state index contributed by atoms with van der Waals surface area (Å²) in [6.45, 7) is 4.50. The smallest absolute Gasteiger partial charge is 0.306 e. The summed E-state index contributed by atoms with van der Waals surface area (Å²) < 4.78 is 10.2. The number of hydrogen-bond donors (Lipinski definition) is 0. The van der Waals surface area contributed by atoms with Gasteiger partial charge in [-0.05, 0) is 26.2 Å². The van der Waals surface area contributed by atoms with Gasteiger partial charge >= 0.3 is 5.97 Å². The maximum Gasteiger partial charge on any atom is 0.306 e. The van der Waals surface area contributed by atoms with Gasteiger partial charge in [-0.1, -0.05) is 0 Å². The fraction of sp³-hybridized carbons (Fsp3) is 0.857. The van der Waals surface area contributed by atoms with Crippen LogP contribution in [0.3, 0.4) is 0 Å². The standard InChI is InChI=1S/C14H23NO4/c1-2-19-14(17)6-5-13(16)15(12-3-4-12)9-11-7-8-18-10-11/h11-12H,2-10H2,1H3. The van der Waals surface area contributed by atoms with Crippen molar-refractivity contribution in [1.82, 2.24) is 4.90 Å². The Balaban J connectivity index is 1.77. The van der Waals surface area contributed by atoms with Crippen LogP contribution in [0.4, 0.5) is 0 Å². The van der Waals surface area contributed by atoms with Gasteiger partial charge < -0.3 is 14.4 Å². The van der Waals surface area contributed by atoms with Gasteiger partial charge in [-0.3, -0.25) is 9.59 Å². The second kappa shape index (κ2) is 6.89. The summed E-state index contributed by atoms with van der Waals surface area (Å²) in [4.78, 5) is 25.4. The number of nitrogens with zero attached hydrogens (tertiary/aromatic N) is 1. The molecule has 0 radical (unpaired) electrons. The lowest BCUT2D eigenvalue weighted by Gasteiger charge is -2.25. The van der Waals surface area contributed by atoms with E-state index in [2.05, 4.69) is 0 Å². The highest BCUT2D eigenvalue weighted by atomic mass is 16.5. The van der Waals surface area contributed by atoms with E-state index in [1.165, 1.54) is 0 Å². The second-order valence-corrected chi connectivity index (χ2v) is 5.31. The Bertz CT molecular complexity index is 321. The van der Waals surface area contributed by atoms with Crippen LogP contribution in [0, 0.1) is 5.92 Å². The quantitative estimate of drug-likeness (QED) is 0.655. The summed E-state index contributed by atoms with van der Waals surface area (Å²) in [6.07, 6.45) is 3.69. The molecule has 1 saturated heterocycles. The van der Waals surface area contributed by atoms with Crippen LogP contribution in [-0.2, 0) is 19.1 Å². The van der Waals surface area contributed by atoms with Crippen molar-refractivity contribution in [3.8, 4) is 0 Å². The average Bonchev–Trinajstić information content (AvgIpc) is 3.10. The molecule has 0 bridgehead atoms. The normalized spacial score (nSPS) is 22.3. The molecule has 0 aromatic rings. The Morgan fingerprint density at radius 3 is 2.63 bits per heavy atom. The topological polar surface area (TPSA) is 55.8 Å². The SMILES string of the molecule is CCOC(=O)CCC(=O)N(CC1CCOC1)C1CC1. The molecule has 1 saturated carbocycles. The van der Waals surface area contributed by atoms with E-state index in [1.807, 2.05) is 4.90 Å². The lowest BCUT2D eigenvalue weighted by Crippen LogP contribution is -2.37. The zero-order chi connectivity index (χ0) is 13.7. The maximum absolute atomic E-state index is 12.2. The summed E-state index contributed by atoms with van der Waals surface area (Å²) in [5.41, 5.74) is 0. The van der Waals surface area contributed by atoms with Crippen LogP contribution in [0.25, 0.3) is 0 Å². The van der Waals surface area contributed by atoms with Gasteiger partial charge in [0.25, 0.3) is 0 Å². The van der Waals surface area contributed by atoms with Gasteiger partial charge in [-0.15, -0.1) is 0 Å². The first-order valence-corrected chi connectivity index (χ1v) is 7.23. The van der Waals surface area contributed by atoms with E-state index in [0.29, 0.717) is 18.6 Å². The fourth-order valence-electron chi connectivity index (χ4n) is 2.43. The summed E-state index contributed by atoms with van der Waals surface area (Å²) in [5, 5.41) is 0. The van der Waals surface area contributed by atoms with Gasteiger partial charge in [0.1, 0.15) is 0 Å². The first-order valence-electron chi connectivity index (χ1n) is 7.23. The first-order chi connectivity index (χ1) is 9.20. The largest absolute Gasteiger partial charge is 0.466 e. The summed E-state index contributed by atoms with van der Waals surface area (Å²) in [6, 6.07) is 0.398. The van der Waals surface area contributed by atoms with Gasteiger partial charge in [0.15, 0.2) is 0 Å². The van der Waals surface area contributed by atoms with Gasteiger partial charge in [0, 0.05) is 31.5 Å². The molecule has 0 N–H and O–H groups in total. The molecule has 0 spiro atoms. The number of rotatable bonds is 7. The van der Waals surface area contributed by atoms with E-state index in [4.69, 9.17) is 9.47 Å². The van der Waals surface area contributed by atoms with Crippen LogP contribution in [0.1, 0.15) is 39.0 Å². The molecule has 19 heavy (non-hydrogen) atoms. The van der Waals surface area contributed by atoms with Crippen LogP contribution < -0.4 is 0 Å². The minimum absolute atomic E-state index is 0.0856. The Morgan fingerprint density at radius 1 is 1.26 bits per heavy atom. The molecule has 1 unspecified atom stereocenters. The number of carbonyl (C=O) groups excluding carboxylic acids is 2. The minimum Gasteiger partial charge on any atom is -0.466 e. The minimum atomic E-state index is -0.282. The maximum atomic E-state index is 12.2. The lowest BCUT2D eigenvalue weighted by molar-refractivity contribution is -0.146. The zero-order valence-corrected chi connectivity index (χ0v) is 11.6. The van der Waals surface area contributed by atoms with Crippen molar-refractivity contribution < 1.29 is 19.1 Å². The average molecular weight is 269 g/mol. The molecule has 0 aromatic carbocycles. The molecule has 1 heterocycles. The predicted octanol–water partition coefficient (Wildman–Crippen LogP) is 1.36. The molecule has 5 nitrogen and oxygen atoms in total. The Labute approximate surface area is 114 Å². The Kier molecular flexibility index (Phi) is 5.19. The Hall–Kier alpha value is -1.10. The van der Waals surface area contributed by atoms with E-state index < -0.39 is 0 Å². The first kappa shape index (κ1) is 14.3. The highest BCUT2D eigenvalue weighted by Crippen LogP contribution is 2.29.